The predicted octanol–water partition coefficient (Wildman–Crippen LogP) is 4.47. The maximum absolute atomic E-state index is 14.3. The Hall–Kier alpha value is -3.04. The van der Waals surface area contributed by atoms with Crippen LogP contribution in [0.2, 0.25) is 0 Å². The summed E-state index contributed by atoms with van der Waals surface area (Å²) in [7, 11) is -3.18. The number of halogens is 2. The second-order valence-electron chi connectivity index (χ2n) is 9.51. The van der Waals surface area contributed by atoms with E-state index in [1.54, 1.807) is 6.20 Å². The quantitative estimate of drug-likeness (QED) is 0.481. The predicted molar refractivity (Wildman–Crippen MR) is 139 cm³/mol. The van der Waals surface area contributed by atoms with Gasteiger partial charge in [-0.2, -0.15) is 0 Å². The maximum Gasteiger partial charge on any atom is 0.155 e. The van der Waals surface area contributed by atoms with E-state index in [-0.39, 0.29) is 18.1 Å². The van der Waals surface area contributed by atoms with E-state index in [0.29, 0.717) is 31.0 Å². The Balaban J connectivity index is 1.30. The normalized spacial score (nSPS) is 16.1. The Bertz CT molecular complexity index is 1330. The van der Waals surface area contributed by atoms with Crippen molar-refractivity contribution in [3.05, 3.63) is 77.5 Å². The van der Waals surface area contributed by atoms with E-state index in [2.05, 4.69) is 15.2 Å². The summed E-state index contributed by atoms with van der Waals surface area (Å²) < 4.78 is 53.1. The van der Waals surface area contributed by atoms with Gasteiger partial charge in [0, 0.05) is 43.5 Å². The Labute approximate surface area is 210 Å². The fraction of sp³-hybridized carbons (Fsp3) is 0.370. The van der Waals surface area contributed by atoms with Crippen molar-refractivity contribution in [3.8, 4) is 11.1 Å². The van der Waals surface area contributed by atoms with Crippen molar-refractivity contribution in [2.75, 3.05) is 48.7 Å². The molecule has 0 saturated carbocycles. The second kappa shape index (κ2) is 10.5. The SMILES string of the molecule is O=S(=O)(CCN1CCCC1)Cc1ccc(-c2cnc3c(c2)N(Cc2cc(F)ccc2F)CCN3)cc1. The Kier molecular flexibility index (Phi) is 7.20. The zero-order valence-electron chi connectivity index (χ0n) is 20.1. The van der Waals surface area contributed by atoms with Gasteiger partial charge in [0.25, 0.3) is 0 Å². The lowest BCUT2D eigenvalue weighted by atomic mass is 10.0. The van der Waals surface area contributed by atoms with E-state index in [1.165, 1.54) is 6.07 Å². The molecule has 1 fully saturated rings. The molecular formula is C27H30F2N4O2S. The van der Waals surface area contributed by atoms with Crippen LogP contribution in [0, 0.1) is 11.6 Å². The van der Waals surface area contributed by atoms with E-state index in [9.17, 15) is 17.2 Å². The fourth-order valence-corrected chi connectivity index (χ4v) is 6.23. The molecule has 9 heteroatoms. The van der Waals surface area contributed by atoms with Crippen molar-refractivity contribution in [2.45, 2.75) is 25.1 Å². The van der Waals surface area contributed by atoms with Gasteiger partial charge < -0.3 is 15.1 Å². The van der Waals surface area contributed by atoms with E-state index in [4.69, 9.17) is 0 Å². The lowest BCUT2D eigenvalue weighted by Crippen LogP contribution is -2.34. The summed E-state index contributed by atoms with van der Waals surface area (Å²) in [5.41, 5.74) is 3.65. The highest BCUT2D eigenvalue weighted by Crippen LogP contribution is 2.33. The number of fused-ring (bicyclic) bond motifs is 1. The van der Waals surface area contributed by atoms with Gasteiger partial charge in [0.1, 0.15) is 17.5 Å². The molecule has 0 atom stereocenters. The van der Waals surface area contributed by atoms with Crippen LogP contribution in [0.1, 0.15) is 24.0 Å². The van der Waals surface area contributed by atoms with Gasteiger partial charge in [-0.1, -0.05) is 24.3 Å². The third-order valence-electron chi connectivity index (χ3n) is 6.84. The topological polar surface area (TPSA) is 65.5 Å². The maximum atomic E-state index is 14.3. The molecule has 0 radical (unpaired) electrons. The molecule has 0 amide bonds. The summed E-state index contributed by atoms with van der Waals surface area (Å²) in [4.78, 5) is 8.75. The van der Waals surface area contributed by atoms with Gasteiger partial charge in [-0.05, 0) is 61.3 Å². The molecular weight excluding hydrogens is 482 g/mol. The zero-order chi connectivity index (χ0) is 25.1. The third kappa shape index (κ3) is 5.84. The van der Waals surface area contributed by atoms with E-state index in [1.807, 2.05) is 35.2 Å². The standard InChI is InChI=1S/C27H30F2N4O2S/c28-24-7-8-25(29)23(15-24)18-33-12-9-30-27-26(33)16-22(17-31-27)21-5-3-20(4-6-21)19-36(34,35)14-13-32-10-1-2-11-32/h3-8,15-17H,1-2,9-14,18-19H2,(H,30,31). The summed E-state index contributed by atoms with van der Waals surface area (Å²) in [6.07, 6.45) is 4.06. The molecule has 6 nitrogen and oxygen atoms in total. The number of anilines is 2. The smallest absolute Gasteiger partial charge is 0.155 e. The largest absolute Gasteiger partial charge is 0.367 e. The van der Waals surface area contributed by atoms with Gasteiger partial charge in [0.05, 0.1) is 17.2 Å². The molecule has 0 bridgehead atoms. The van der Waals surface area contributed by atoms with Crippen molar-refractivity contribution < 1.29 is 17.2 Å². The molecule has 3 heterocycles. The Morgan fingerprint density at radius 1 is 0.944 bits per heavy atom. The molecule has 3 aromatic rings. The van der Waals surface area contributed by atoms with Crippen LogP contribution < -0.4 is 10.2 Å². The second-order valence-corrected chi connectivity index (χ2v) is 11.7. The average Bonchev–Trinajstić information content (AvgIpc) is 3.39. The molecule has 2 aromatic carbocycles. The number of pyridine rings is 1. The average molecular weight is 513 g/mol. The summed E-state index contributed by atoms with van der Waals surface area (Å²) in [5.74, 6) is -0.000486. The van der Waals surface area contributed by atoms with Crippen LogP contribution in [-0.2, 0) is 22.1 Å². The summed E-state index contributed by atoms with van der Waals surface area (Å²) in [5, 5.41) is 3.26. The van der Waals surface area contributed by atoms with Crippen molar-refractivity contribution in [1.82, 2.24) is 9.88 Å². The van der Waals surface area contributed by atoms with Gasteiger partial charge in [0.15, 0.2) is 9.84 Å². The Morgan fingerprint density at radius 3 is 2.50 bits per heavy atom. The van der Waals surface area contributed by atoms with Crippen LogP contribution in [0.5, 0.6) is 0 Å². The minimum Gasteiger partial charge on any atom is -0.367 e. The molecule has 2 aliphatic rings. The van der Waals surface area contributed by atoms with E-state index >= 15 is 0 Å². The molecule has 36 heavy (non-hydrogen) atoms. The Morgan fingerprint density at radius 2 is 1.72 bits per heavy atom. The van der Waals surface area contributed by atoms with Gasteiger partial charge in [0.2, 0.25) is 0 Å². The van der Waals surface area contributed by atoms with Gasteiger partial charge in [-0.15, -0.1) is 0 Å². The number of nitrogens with one attached hydrogen (secondary N) is 1. The lowest BCUT2D eigenvalue weighted by Gasteiger charge is -2.32. The number of aromatic nitrogens is 1. The number of rotatable bonds is 8. The van der Waals surface area contributed by atoms with Crippen LogP contribution in [0.25, 0.3) is 11.1 Å². The molecule has 5 rings (SSSR count). The van der Waals surface area contributed by atoms with Gasteiger partial charge in [-0.3, -0.25) is 0 Å². The number of hydrogen-bond acceptors (Lipinski definition) is 6. The molecule has 1 saturated heterocycles. The van der Waals surface area contributed by atoms with Gasteiger partial charge in [-0.25, -0.2) is 22.2 Å². The van der Waals surface area contributed by atoms with Gasteiger partial charge >= 0.3 is 0 Å². The van der Waals surface area contributed by atoms with E-state index in [0.717, 1.165) is 60.4 Å². The molecule has 2 aliphatic heterocycles. The highest BCUT2D eigenvalue weighted by molar-refractivity contribution is 7.90. The van der Waals surface area contributed by atoms with E-state index < -0.39 is 21.5 Å². The molecule has 0 aliphatic carbocycles. The van der Waals surface area contributed by atoms with Crippen LogP contribution in [0.15, 0.2) is 54.7 Å². The summed E-state index contributed by atoms with van der Waals surface area (Å²) in [6.45, 7) is 4.09. The highest BCUT2D eigenvalue weighted by atomic mass is 32.2. The molecule has 0 unspecified atom stereocenters. The zero-order valence-corrected chi connectivity index (χ0v) is 20.9. The number of hydrogen-bond donors (Lipinski definition) is 1. The number of nitrogens with zero attached hydrogens (tertiary/aromatic N) is 3. The third-order valence-corrected chi connectivity index (χ3v) is 8.42. The molecule has 1 aromatic heterocycles. The minimum absolute atomic E-state index is 0.0282. The van der Waals surface area contributed by atoms with Crippen LogP contribution in [0.4, 0.5) is 20.3 Å². The first-order chi connectivity index (χ1) is 17.4. The summed E-state index contributed by atoms with van der Waals surface area (Å²) >= 11 is 0. The van der Waals surface area contributed by atoms with Crippen molar-refractivity contribution >= 4 is 21.3 Å². The first-order valence-electron chi connectivity index (χ1n) is 12.3. The molecule has 1 N–H and O–H groups in total. The highest BCUT2D eigenvalue weighted by Gasteiger charge is 2.21. The fourth-order valence-electron chi connectivity index (χ4n) is 4.85. The monoisotopic (exact) mass is 512 g/mol. The van der Waals surface area contributed by atoms with Crippen LogP contribution in [0.3, 0.4) is 0 Å². The molecule has 190 valence electrons. The van der Waals surface area contributed by atoms with Crippen molar-refractivity contribution in [1.29, 1.82) is 0 Å². The minimum atomic E-state index is -3.18. The van der Waals surface area contributed by atoms with Crippen molar-refractivity contribution in [3.63, 3.8) is 0 Å². The van der Waals surface area contributed by atoms with Crippen LogP contribution >= 0.6 is 0 Å². The lowest BCUT2D eigenvalue weighted by molar-refractivity contribution is 0.359. The number of sulfone groups is 1. The molecule has 0 spiro atoms. The number of benzene rings is 2. The van der Waals surface area contributed by atoms with Crippen LogP contribution in [-0.4, -0.2) is 56.8 Å². The number of likely N-dealkylation sites (tertiary alicyclic amines) is 1. The first kappa shape index (κ1) is 24.6. The first-order valence-corrected chi connectivity index (χ1v) is 14.1. The summed E-state index contributed by atoms with van der Waals surface area (Å²) in [6, 6.07) is 13.0. The van der Waals surface area contributed by atoms with Crippen molar-refractivity contribution in [2.24, 2.45) is 0 Å².